The lowest BCUT2D eigenvalue weighted by Gasteiger charge is -2.20. The van der Waals surface area contributed by atoms with Crippen LogP contribution in [0.25, 0.3) is 0 Å². The molecule has 1 aliphatic heterocycles. The fourth-order valence-electron chi connectivity index (χ4n) is 1.97. The first-order valence-electron chi connectivity index (χ1n) is 6.93. The lowest BCUT2D eigenvalue weighted by molar-refractivity contribution is 0.0705. The van der Waals surface area contributed by atoms with Crippen LogP contribution in [0.4, 0.5) is 19.7 Å². The van der Waals surface area contributed by atoms with Gasteiger partial charge in [0.15, 0.2) is 6.10 Å². The summed E-state index contributed by atoms with van der Waals surface area (Å²) >= 11 is 0. The van der Waals surface area contributed by atoms with E-state index in [1.165, 1.54) is 23.1 Å². The van der Waals surface area contributed by atoms with Gasteiger partial charge in [-0.3, -0.25) is 4.90 Å². The molecule has 0 saturated carbocycles. The Bertz CT molecular complexity index is 571. The predicted octanol–water partition coefficient (Wildman–Crippen LogP) is 2.68. The Hall–Kier alpha value is -2.31. The lowest BCUT2D eigenvalue weighted by atomic mass is 10.1. The van der Waals surface area contributed by atoms with E-state index in [9.17, 15) is 14.0 Å². The zero-order valence-electron chi connectivity index (χ0n) is 12.8. The summed E-state index contributed by atoms with van der Waals surface area (Å²) in [5.74, 6) is -0.436. The summed E-state index contributed by atoms with van der Waals surface area (Å²) in [5, 5.41) is 2.64. The fourth-order valence-corrected chi connectivity index (χ4v) is 1.97. The van der Waals surface area contributed by atoms with Crippen molar-refractivity contribution < 1.29 is 23.5 Å². The Labute approximate surface area is 128 Å². The molecule has 1 unspecified atom stereocenters. The number of alkyl carbamates (subject to hydrolysis) is 1. The van der Waals surface area contributed by atoms with Crippen LogP contribution >= 0.6 is 0 Å². The number of ether oxygens (including phenoxy) is 2. The zero-order valence-corrected chi connectivity index (χ0v) is 12.8. The van der Waals surface area contributed by atoms with E-state index in [-0.39, 0.29) is 13.2 Å². The SMILES string of the molecule is CC(C)(C)NC(=O)OCC1CN(c2cccc(F)c2)C(=O)O1. The van der Waals surface area contributed by atoms with Gasteiger partial charge < -0.3 is 14.8 Å². The van der Waals surface area contributed by atoms with Gasteiger partial charge in [0.1, 0.15) is 12.4 Å². The van der Waals surface area contributed by atoms with Crippen LogP contribution in [-0.4, -0.2) is 37.0 Å². The molecule has 2 amide bonds. The summed E-state index contributed by atoms with van der Waals surface area (Å²) in [6.07, 6.45) is -1.75. The Morgan fingerprint density at radius 3 is 2.86 bits per heavy atom. The summed E-state index contributed by atoms with van der Waals surface area (Å²) in [6, 6.07) is 5.66. The number of anilines is 1. The first kappa shape index (κ1) is 16.1. The lowest BCUT2D eigenvalue weighted by Crippen LogP contribution is -2.42. The summed E-state index contributed by atoms with van der Waals surface area (Å²) in [7, 11) is 0. The number of nitrogens with zero attached hydrogens (tertiary/aromatic N) is 1. The van der Waals surface area contributed by atoms with E-state index >= 15 is 0 Å². The van der Waals surface area contributed by atoms with E-state index in [1.807, 2.05) is 20.8 Å². The maximum Gasteiger partial charge on any atom is 0.414 e. The van der Waals surface area contributed by atoms with Crippen LogP contribution in [0.15, 0.2) is 24.3 Å². The second-order valence-corrected chi connectivity index (χ2v) is 6.07. The van der Waals surface area contributed by atoms with Crippen molar-refractivity contribution in [2.45, 2.75) is 32.4 Å². The molecule has 6 nitrogen and oxygen atoms in total. The van der Waals surface area contributed by atoms with E-state index in [1.54, 1.807) is 6.07 Å². The number of carbonyl (C=O) groups excluding carboxylic acids is 2. The molecule has 0 spiro atoms. The van der Waals surface area contributed by atoms with Crippen LogP contribution in [0.2, 0.25) is 0 Å². The third-order valence-corrected chi connectivity index (χ3v) is 2.87. The average molecular weight is 310 g/mol. The number of hydrogen-bond acceptors (Lipinski definition) is 4. The number of carbonyl (C=O) groups is 2. The molecular weight excluding hydrogens is 291 g/mol. The molecule has 1 aromatic carbocycles. The number of amides is 2. The normalized spacial score (nSPS) is 18.1. The van der Waals surface area contributed by atoms with Crippen molar-refractivity contribution in [1.82, 2.24) is 5.32 Å². The Balaban J connectivity index is 1.89. The number of cyclic esters (lactones) is 1. The minimum Gasteiger partial charge on any atom is -0.446 e. The van der Waals surface area contributed by atoms with Crippen LogP contribution in [0, 0.1) is 5.82 Å². The van der Waals surface area contributed by atoms with Crippen molar-refractivity contribution in [2.24, 2.45) is 0 Å². The van der Waals surface area contributed by atoms with Crippen LogP contribution in [0.5, 0.6) is 0 Å². The van der Waals surface area contributed by atoms with Crippen LogP contribution in [0.1, 0.15) is 20.8 Å². The summed E-state index contributed by atoms with van der Waals surface area (Å²) in [6.45, 7) is 5.63. The van der Waals surface area contributed by atoms with Gasteiger partial charge in [0.05, 0.1) is 12.2 Å². The number of rotatable bonds is 3. The molecule has 0 aromatic heterocycles. The van der Waals surface area contributed by atoms with Crippen LogP contribution < -0.4 is 10.2 Å². The standard InChI is InChI=1S/C15H19FN2O4/c1-15(2,3)17-13(19)21-9-12-8-18(14(20)22-12)11-6-4-5-10(16)7-11/h4-7,12H,8-9H2,1-3H3,(H,17,19). The molecule has 1 heterocycles. The first-order chi connectivity index (χ1) is 10.2. The molecule has 0 radical (unpaired) electrons. The van der Waals surface area contributed by atoms with Gasteiger partial charge in [-0.1, -0.05) is 6.07 Å². The summed E-state index contributed by atoms with van der Waals surface area (Å²) in [4.78, 5) is 24.7. The highest BCUT2D eigenvalue weighted by atomic mass is 19.1. The number of hydrogen-bond donors (Lipinski definition) is 1. The van der Waals surface area contributed by atoms with E-state index < -0.39 is 29.6 Å². The predicted molar refractivity (Wildman–Crippen MR) is 78.3 cm³/mol. The van der Waals surface area contributed by atoms with Gasteiger partial charge in [-0.25, -0.2) is 14.0 Å². The van der Waals surface area contributed by atoms with Gasteiger partial charge in [-0.2, -0.15) is 0 Å². The molecule has 1 aromatic rings. The van der Waals surface area contributed by atoms with Gasteiger partial charge in [-0.05, 0) is 39.0 Å². The van der Waals surface area contributed by atoms with Gasteiger partial charge in [-0.15, -0.1) is 0 Å². The minimum atomic E-state index is -0.588. The molecule has 0 bridgehead atoms. The topological polar surface area (TPSA) is 67.9 Å². The Morgan fingerprint density at radius 1 is 1.50 bits per heavy atom. The molecular formula is C15H19FN2O4. The van der Waals surface area contributed by atoms with E-state index in [0.29, 0.717) is 5.69 Å². The molecule has 1 fully saturated rings. The van der Waals surface area contributed by atoms with Gasteiger partial charge in [0.25, 0.3) is 0 Å². The Kier molecular flexibility index (Phi) is 4.54. The average Bonchev–Trinajstić information content (AvgIpc) is 2.76. The van der Waals surface area contributed by atoms with Crippen molar-refractivity contribution >= 4 is 17.9 Å². The molecule has 22 heavy (non-hydrogen) atoms. The molecule has 2 rings (SSSR count). The quantitative estimate of drug-likeness (QED) is 0.932. The molecule has 1 atom stereocenters. The first-order valence-corrected chi connectivity index (χ1v) is 6.93. The third-order valence-electron chi connectivity index (χ3n) is 2.87. The second-order valence-electron chi connectivity index (χ2n) is 6.07. The van der Waals surface area contributed by atoms with E-state index in [4.69, 9.17) is 9.47 Å². The largest absolute Gasteiger partial charge is 0.446 e. The Morgan fingerprint density at radius 2 is 2.23 bits per heavy atom. The number of benzene rings is 1. The fraction of sp³-hybridized carbons (Fsp3) is 0.467. The molecule has 1 aliphatic rings. The number of halogens is 1. The monoisotopic (exact) mass is 310 g/mol. The maximum atomic E-state index is 13.2. The van der Waals surface area contributed by atoms with Gasteiger partial charge >= 0.3 is 12.2 Å². The highest BCUT2D eigenvalue weighted by Crippen LogP contribution is 2.22. The van der Waals surface area contributed by atoms with Crippen molar-refractivity contribution in [3.63, 3.8) is 0 Å². The molecule has 1 saturated heterocycles. The number of nitrogens with one attached hydrogen (secondary N) is 1. The molecule has 7 heteroatoms. The van der Waals surface area contributed by atoms with Crippen molar-refractivity contribution in [3.8, 4) is 0 Å². The van der Waals surface area contributed by atoms with Crippen molar-refractivity contribution in [2.75, 3.05) is 18.1 Å². The molecule has 1 N–H and O–H groups in total. The minimum absolute atomic E-state index is 0.0561. The van der Waals surface area contributed by atoms with Crippen molar-refractivity contribution in [3.05, 3.63) is 30.1 Å². The highest BCUT2D eigenvalue weighted by Gasteiger charge is 2.33. The van der Waals surface area contributed by atoms with Crippen LogP contribution in [-0.2, 0) is 9.47 Å². The van der Waals surface area contributed by atoms with E-state index in [0.717, 1.165) is 0 Å². The zero-order chi connectivity index (χ0) is 16.3. The second kappa shape index (κ2) is 6.21. The van der Waals surface area contributed by atoms with E-state index in [2.05, 4.69) is 5.32 Å². The smallest absolute Gasteiger partial charge is 0.414 e. The van der Waals surface area contributed by atoms with Gasteiger partial charge in [0, 0.05) is 5.54 Å². The van der Waals surface area contributed by atoms with Crippen molar-refractivity contribution in [1.29, 1.82) is 0 Å². The third kappa shape index (κ3) is 4.34. The van der Waals surface area contributed by atoms with Gasteiger partial charge in [0.2, 0.25) is 0 Å². The maximum absolute atomic E-state index is 13.2. The highest BCUT2D eigenvalue weighted by molar-refractivity contribution is 5.89. The molecule has 0 aliphatic carbocycles. The summed E-state index contributed by atoms with van der Waals surface area (Å²) in [5.41, 5.74) is 0.00321. The summed E-state index contributed by atoms with van der Waals surface area (Å²) < 4.78 is 23.3. The molecule has 120 valence electrons. The van der Waals surface area contributed by atoms with Crippen LogP contribution in [0.3, 0.4) is 0 Å².